The second kappa shape index (κ2) is 22.0. The average Bonchev–Trinajstić information content (AvgIpc) is 2.71. The molecule has 0 aliphatic rings. The van der Waals surface area contributed by atoms with E-state index in [0.717, 1.165) is 25.9 Å². The van der Waals surface area contributed by atoms with Crippen molar-refractivity contribution in [1.82, 2.24) is 0 Å². The van der Waals surface area contributed by atoms with Gasteiger partial charge in [0.2, 0.25) is 0 Å². The Morgan fingerprint density at radius 2 is 1.07 bits per heavy atom. The van der Waals surface area contributed by atoms with E-state index in [1.54, 1.807) is 6.26 Å². The maximum absolute atomic E-state index is 5.76. The molecule has 0 N–H and O–H groups in total. The Hall–Kier alpha value is -0.660. The van der Waals surface area contributed by atoms with Crippen LogP contribution < -0.4 is 0 Å². The Balaban J connectivity index is 3.45. The SMILES string of the molecule is CC=COCCOCCOCCCCCCCCCC(OCC)(OCC)OCC. The van der Waals surface area contributed by atoms with E-state index in [2.05, 4.69) is 0 Å². The molecule has 174 valence electrons. The minimum Gasteiger partial charge on any atom is -0.499 e. The average molecular weight is 419 g/mol. The van der Waals surface area contributed by atoms with Crippen LogP contribution in [0.15, 0.2) is 12.3 Å². The number of allylic oxidation sites excluding steroid dienone is 1. The fourth-order valence-electron chi connectivity index (χ4n) is 3.02. The highest BCUT2D eigenvalue weighted by Crippen LogP contribution is 2.24. The fraction of sp³-hybridized carbons (Fsp3) is 0.913. The summed E-state index contributed by atoms with van der Waals surface area (Å²) < 4.78 is 33.5. The first-order valence-corrected chi connectivity index (χ1v) is 11.5. The third-order valence-corrected chi connectivity index (χ3v) is 4.31. The van der Waals surface area contributed by atoms with Crippen molar-refractivity contribution in [2.75, 3.05) is 52.9 Å². The summed E-state index contributed by atoms with van der Waals surface area (Å²) in [4.78, 5) is 0. The molecule has 0 aromatic heterocycles. The van der Waals surface area contributed by atoms with Crippen molar-refractivity contribution in [3.63, 3.8) is 0 Å². The minimum atomic E-state index is -0.848. The molecule has 0 unspecified atom stereocenters. The lowest BCUT2D eigenvalue weighted by molar-refractivity contribution is -0.380. The van der Waals surface area contributed by atoms with E-state index >= 15 is 0 Å². The molecule has 0 fully saturated rings. The maximum atomic E-state index is 5.76. The lowest BCUT2D eigenvalue weighted by Crippen LogP contribution is -2.39. The molecule has 0 aromatic rings. The summed E-state index contributed by atoms with van der Waals surface area (Å²) >= 11 is 0. The van der Waals surface area contributed by atoms with Crippen molar-refractivity contribution < 1.29 is 28.4 Å². The molecular weight excluding hydrogens is 372 g/mol. The summed E-state index contributed by atoms with van der Waals surface area (Å²) in [6, 6.07) is 0. The minimum absolute atomic E-state index is 0.591. The van der Waals surface area contributed by atoms with Crippen LogP contribution >= 0.6 is 0 Å². The summed E-state index contributed by atoms with van der Waals surface area (Å²) in [7, 11) is 0. The molecule has 0 aliphatic heterocycles. The molecule has 29 heavy (non-hydrogen) atoms. The van der Waals surface area contributed by atoms with Crippen molar-refractivity contribution in [3.05, 3.63) is 12.3 Å². The highest BCUT2D eigenvalue weighted by molar-refractivity contribution is 4.64. The Morgan fingerprint density at radius 1 is 0.586 bits per heavy atom. The molecule has 6 nitrogen and oxygen atoms in total. The highest BCUT2D eigenvalue weighted by atomic mass is 16.9. The highest BCUT2D eigenvalue weighted by Gasteiger charge is 2.31. The van der Waals surface area contributed by atoms with Crippen molar-refractivity contribution in [2.24, 2.45) is 0 Å². The number of hydrogen-bond donors (Lipinski definition) is 0. The van der Waals surface area contributed by atoms with E-state index in [9.17, 15) is 0 Å². The van der Waals surface area contributed by atoms with Gasteiger partial charge in [0.1, 0.15) is 6.61 Å². The zero-order valence-electron chi connectivity index (χ0n) is 19.4. The Bertz CT molecular complexity index is 331. The first-order valence-electron chi connectivity index (χ1n) is 11.5. The van der Waals surface area contributed by atoms with E-state index in [4.69, 9.17) is 28.4 Å². The normalized spacial score (nSPS) is 12.1. The summed E-state index contributed by atoms with van der Waals surface area (Å²) in [5.74, 6) is -0.848. The Kier molecular flexibility index (Phi) is 21.5. The smallest absolute Gasteiger partial charge is 0.282 e. The molecule has 0 heterocycles. The third-order valence-electron chi connectivity index (χ3n) is 4.31. The summed E-state index contributed by atoms with van der Waals surface area (Å²) in [6.07, 6.45) is 12.7. The number of unbranched alkanes of at least 4 members (excludes halogenated alkanes) is 6. The molecule has 0 spiro atoms. The molecule has 0 saturated carbocycles. The first kappa shape index (κ1) is 28.3. The van der Waals surface area contributed by atoms with Gasteiger partial charge < -0.3 is 28.4 Å². The number of rotatable bonds is 23. The van der Waals surface area contributed by atoms with E-state index < -0.39 is 5.97 Å². The number of ether oxygens (including phenoxy) is 6. The predicted octanol–water partition coefficient (Wildman–Crippen LogP) is 5.45. The molecule has 0 amide bonds. The van der Waals surface area contributed by atoms with Crippen molar-refractivity contribution in [3.8, 4) is 0 Å². The predicted molar refractivity (Wildman–Crippen MR) is 117 cm³/mol. The van der Waals surface area contributed by atoms with Crippen LogP contribution in [0.25, 0.3) is 0 Å². The quantitative estimate of drug-likeness (QED) is 0.125. The van der Waals surface area contributed by atoms with Gasteiger partial charge in [-0.15, -0.1) is 0 Å². The summed E-state index contributed by atoms with van der Waals surface area (Å²) in [5.41, 5.74) is 0. The third kappa shape index (κ3) is 17.9. The Labute approximate surface area is 179 Å². The fourth-order valence-corrected chi connectivity index (χ4v) is 3.02. The van der Waals surface area contributed by atoms with Gasteiger partial charge in [-0.3, -0.25) is 0 Å². The largest absolute Gasteiger partial charge is 0.499 e. The monoisotopic (exact) mass is 418 g/mol. The van der Waals surface area contributed by atoms with Gasteiger partial charge in [0.25, 0.3) is 5.97 Å². The molecule has 0 aliphatic carbocycles. The van der Waals surface area contributed by atoms with Gasteiger partial charge in [-0.2, -0.15) is 0 Å². The molecule has 0 saturated heterocycles. The van der Waals surface area contributed by atoms with Crippen LogP contribution in [0.2, 0.25) is 0 Å². The zero-order chi connectivity index (χ0) is 21.5. The van der Waals surface area contributed by atoms with Crippen molar-refractivity contribution in [1.29, 1.82) is 0 Å². The Morgan fingerprint density at radius 3 is 1.62 bits per heavy atom. The molecule has 0 rings (SSSR count). The van der Waals surface area contributed by atoms with Crippen LogP contribution in [0.1, 0.15) is 79.1 Å². The van der Waals surface area contributed by atoms with E-state index in [-0.39, 0.29) is 0 Å². The standard InChI is InChI=1S/C23H46O6/c1-5-17-24-19-21-26-22-20-25-18-15-13-11-9-10-12-14-16-23(27-6-2,28-7-3)29-8-4/h5,17H,6-16,18-22H2,1-4H3. The van der Waals surface area contributed by atoms with Gasteiger partial charge in [-0.25, -0.2) is 0 Å². The molecule has 0 atom stereocenters. The second-order valence-electron chi connectivity index (χ2n) is 6.77. The van der Waals surface area contributed by atoms with Crippen LogP contribution in [0.3, 0.4) is 0 Å². The summed E-state index contributed by atoms with van der Waals surface area (Å²) in [5, 5.41) is 0. The lowest BCUT2D eigenvalue weighted by atomic mass is 10.1. The van der Waals surface area contributed by atoms with Gasteiger partial charge in [-0.05, 0) is 40.5 Å². The van der Waals surface area contributed by atoms with E-state index in [0.29, 0.717) is 46.2 Å². The van der Waals surface area contributed by atoms with E-state index in [1.165, 1.54) is 32.1 Å². The van der Waals surface area contributed by atoms with Crippen LogP contribution in [0.4, 0.5) is 0 Å². The lowest BCUT2D eigenvalue weighted by Gasteiger charge is -2.32. The summed E-state index contributed by atoms with van der Waals surface area (Å²) in [6.45, 7) is 12.9. The molecule has 0 aromatic carbocycles. The molecule has 0 radical (unpaired) electrons. The van der Waals surface area contributed by atoms with Gasteiger partial charge in [0.15, 0.2) is 0 Å². The van der Waals surface area contributed by atoms with Crippen molar-refractivity contribution >= 4 is 0 Å². The van der Waals surface area contributed by atoms with E-state index in [1.807, 2.05) is 33.8 Å². The maximum Gasteiger partial charge on any atom is 0.282 e. The second-order valence-corrected chi connectivity index (χ2v) is 6.77. The molecular formula is C23H46O6. The molecule has 0 bridgehead atoms. The topological polar surface area (TPSA) is 55.4 Å². The first-order chi connectivity index (χ1) is 14.2. The van der Waals surface area contributed by atoms with Crippen LogP contribution in [0, 0.1) is 0 Å². The van der Waals surface area contributed by atoms with Gasteiger partial charge in [-0.1, -0.05) is 38.2 Å². The zero-order valence-corrected chi connectivity index (χ0v) is 19.4. The molecule has 6 heteroatoms. The van der Waals surface area contributed by atoms with Gasteiger partial charge >= 0.3 is 0 Å². The van der Waals surface area contributed by atoms with Gasteiger partial charge in [0.05, 0.1) is 26.1 Å². The van der Waals surface area contributed by atoms with Crippen LogP contribution in [-0.2, 0) is 28.4 Å². The van der Waals surface area contributed by atoms with Crippen molar-refractivity contribution in [2.45, 2.75) is 85.0 Å². The number of hydrogen-bond acceptors (Lipinski definition) is 6. The van der Waals surface area contributed by atoms with Gasteiger partial charge in [0, 0.05) is 32.8 Å². The van der Waals surface area contributed by atoms with Crippen LogP contribution in [0.5, 0.6) is 0 Å². The van der Waals surface area contributed by atoms with Crippen LogP contribution in [-0.4, -0.2) is 58.8 Å².